The summed E-state index contributed by atoms with van der Waals surface area (Å²) in [5.41, 5.74) is 0. The Morgan fingerprint density at radius 3 is 1.12 bits per heavy atom. The molecule has 0 radical (unpaired) electrons. The summed E-state index contributed by atoms with van der Waals surface area (Å²) in [6.45, 7) is 8.31. The van der Waals surface area contributed by atoms with Crippen molar-refractivity contribution in [1.29, 1.82) is 0 Å². The fourth-order valence-electron chi connectivity index (χ4n) is 4.36. The van der Waals surface area contributed by atoms with E-state index in [2.05, 4.69) is 42.5 Å². The number of carbonyl (C=O) groups excluding carboxylic acids is 4. The van der Waals surface area contributed by atoms with Crippen LogP contribution in [0.1, 0.15) is 72.1 Å². The Hall–Kier alpha value is -2.12. The van der Waals surface area contributed by atoms with Crippen molar-refractivity contribution in [1.82, 2.24) is 42.5 Å². The van der Waals surface area contributed by atoms with Crippen LogP contribution in [0.3, 0.4) is 0 Å². The lowest BCUT2D eigenvalue weighted by Gasteiger charge is -2.27. The normalized spacial score (nSPS) is 14.3. The van der Waals surface area contributed by atoms with E-state index >= 15 is 0 Å². The predicted octanol–water partition coefficient (Wildman–Crippen LogP) is -0.605. The Morgan fingerprint density at radius 2 is 0.800 bits per heavy atom. The van der Waals surface area contributed by atoms with Crippen LogP contribution in [0.5, 0.6) is 0 Å². The number of rotatable bonds is 25. The van der Waals surface area contributed by atoms with E-state index in [1.165, 1.54) is 6.92 Å². The summed E-state index contributed by atoms with van der Waals surface area (Å²) in [5.74, 6) is -1.14. The van der Waals surface area contributed by atoms with Crippen molar-refractivity contribution in [2.75, 3.05) is 54.4 Å². The van der Waals surface area contributed by atoms with Gasteiger partial charge in [0.1, 0.15) is 12.1 Å². The highest BCUT2D eigenvalue weighted by atomic mass is 16.2. The summed E-state index contributed by atoms with van der Waals surface area (Å²) >= 11 is 0. The van der Waals surface area contributed by atoms with Gasteiger partial charge < -0.3 is 42.5 Å². The molecule has 0 aromatic heterocycles. The van der Waals surface area contributed by atoms with Crippen molar-refractivity contribution < 1.29 is 19.2 Å². The maximum absolute atomic E-state index is 13.5. The van der Waals surface area contributed by atoms with E-state index < -0.39 is 30.1 Å². The molecule has 40 heavy (non-hydrogen) atoms. The number of hydrogen-bond acceptors (Lipinski definition) is 9. The highest BCUT2D eigenvalue weighted by Gasteiger charge is 2.30. The van der Waals surface area contributed by atoms with Gasteiger partial charge in [0, 0.05) is 6.04 Å². The molecule has 4 unspecified atom stereocenters. The number of ketones is 1. The molecule has 3 amide bonds. The standard InChI is InChI=1S/C28H58N8O4/c1-20(2)33-23(13-9-17-30-5)26(38)35-25(15-11-19-32-7)28(40)36-24(14-10-18-31-6)27(39)34-22(21(3)37)12-8-16-29-4/h20,22-25,29-33H,8-19H2,1-7H3,(H,34,39)(H,35,38)(H,36,40). The monoisotopic (exact) mass is 570 g/mol. The molecular formula is C28H58N8O4. The van der Waals surface area contributed by atoms with Gasteiger partial charge in [0.05, 0.1) is 12.1 Å². The Kier molecular flexibility index (Phi) is 22.3. The lowest BCUT2D eigenvalue weighted by atomic mass is 10.0. The van der Waals surface area contributed by atoms with E-state index in [9.17, 15) is 19.2 Å². The number of carbonyl (C=O) groups is 4. The summed E-state index contributed by atoms with van der Waals surface area (Å²) in [4.78, 5) is 52.3. The molecule has 0 bridgehead atoms. The van der Waals surface area contributed by atoms with Crippen molar-refractivity contribution >= 4 is 23.5 Å². The van der Waals surface area contributed by atoms with Crippen molar-refractivity contribution in [2.24, 2.45) is 0 Å². The highest BCUT2D eigenvalue weighted by molar-refractivity contribution is 5.94. The van der Waals surface area contributed by atoms with E-state index in [4.69, 9.17) is 0 Å². The van der Waals surface area contributed by atoms with E-state index in [1.807, 2.05) is 42.0 Å². The Balaban J connectivity index is 5.67. The molecule has 0 heterocycles. The van der Waals surface area contributed by atoms with Crippen LogP contribution in [0.2, 0.25) is 0 Å². The van der Waals surface area contributed by atoms with Crippen LogP contribution in [0.4, 0.5) is 0 Å². The fraction of sp³-hybridized carbons (Fsp3) is 0.857. The predicted molar refractivity (Wildman–Crippen MR) is 161 cm³/mol. The summed E-state index contributed by atoms with van der Waals surface area (Å²) in [6, 6.07) is -2.56. The number of amides is 3. The number of hydrogen-bond donors (Lipinski definition) is 8. The maximum Gasteiger partial charge on any atom is 0.243 e. The van der Waals surface area contributed by atoms with E-state index in [-0.39, 0.29) is 23.6 Å². The SMILES string of the molecule is CNCCCC(NC(=O)C(CCCNC)NC(=O)C(CCCNC)NC(=O)C(CCCNC)NC(C)C)C(C)=O. The number of Topliss-reactive ketones (excluding diaryl/α,β-unsaturated/α-hetero) is 1. The quantitative estimate of drug-likeness (QED) is 0.0669. The van der Waals surface area contributed by atoms with Crippen molar-refractivity contribution in [2.45, 2.75) is 102 Å². The third-order valence-corrected chi connectivity index (χ3v) is 6.60. The van der Waals surface area contributed by atoms with Gasteiger partial charge in [0.15, 0.2) is 5.78 Å². The Labute approximate surface area is 242 Å². The molecule has 0 aliphatic carbocycles. The smallest absolute Gasteiger partial charge is 0.243 e. The third kappa shape index (κ3) is 17.5. The molecule has 0 aliphatic heterocycles. The van der Waals surface area contributed by atoms with Gasteiger partial charge in [-0.25, -0.2) is 0 Å². The van der Waals surface area contributed by atoms with E-state index in [0.717, 1.165) is 25.9 Å². The molecule has 0 aromatic carbocycles. The van der Waals surface area contributed by atoms with Crippen LogP contribution < -0.4 is 42.5 Å². The minimum Gasteiger partial charge on any atom is -0.345 e. The first-order chi connectivity index (χ1) is 19.1. The third-order valence-electron chi connectivity index (χ3n) is 6.60. The van der Waals surface area contributed by atoms with E-state index in [1.54, 1.807) is 0 Å². The first-order valence-corrected chi connectivity index (χ1v) is 14.9. The van der Waals surface area contributed by atoms with Gasteiger partial charge in [-0.3, -0.25) is 19.2 Å². The Bertz CT molecular complexity index is 722. The second-order valence-electron chi connectivity index (χ2n) is 10.7. The molecule has 12 heteroatoms. The molecule has 0 rings (SSSR count). The van der Waals surface area contributed by atoms with Gasteiger partial charge in [-0.2, -0.15) is 0 Å². The van der Waals surface area contributed by atoms with Crippen molar-refractivity contribution in [3.63, 3.8) is 0 Å². The zero-order chi connectivity index (χ0) is 30.3. The van der Waals surface area contributed by atoms with Crippen molar-refractivity contribution in [3.05, 3.63) is 0 Å². The van der Waals surface area contributed by atoms with Crippen LogP contribution in [0, 0.1) is 0 Å². The van der Waals surface area contributed by atoms with Gasteiger partial charge >= 0.3 is 0 Å². The lowest BCUT2D eigenvalue weighted by Crippen LogP contribution is -2.57. The summed E-state index contributed by atoms with van der Waals surface area (Å²) in [7, 11) is 7.37. The van der Waals surface area contributed by atoms with Crippen LogP contribution in [0.15, 0.2) is 0 Å². The molecule has 0 saturated heterocycles. The molecule has 0 spiro atoms. The zero-order valence-electron chi connectivity index (χ0n) is 26.0. The molecule has 12 nitrogen and oxygen atoms in total. The average molecular weight is 571 g/mol. The van der Waals surface area contributed by atoms with Crippen LogP contribution in [-0.4, -0.2) is 108 Å². The van der Waals surface area contributed by atoms with Gasteiger partial charge in [0.2, 0.25) is 17.7 Å². The van der Waals surface area contributed by atoms with E-state index in [0.29, 0.717) is 51.6 Å². The molecule has 0 aromatic rings. The highest BCUT2D eigenvalue weighted by Crippen LogP contribution is 2.07. The summed E-state index contributed by atoms with van der Waals surface area (Å²) in [5, 5.41) is 24.3. The molecule has 0 fully saturated rings. The molecule has 4 atom stereocenters. The van der Waals surface area contributed by atoms with Crippen molar-refractivity contribution in [3.8, 4) is 0 Å². The molecular weight excluding hydrogens is 512 g/mol. The maximum atomic E-state index is 13.5. The second-order valence-corrected chi connectivity index (χ2v) is 10.7. The first-order valence-electron chi connectivity index (χ1n) is 14.9. The van der Waals surface area contributed by atoms with Gasteiger partial charge in [0.25, 0.3) is 0 Å². The topological polar surface area (TPSA) is 165 Å². The van der Waals surface area contributed by atoms with Crippen LogP contribution >= 0.6 is 0 Å². The minimum atomic E-state index is -0.823. The average Bonchev–Trinajstić information content (AvgIpc) is 2.90. The fourth-order valence-corrected chi connectivity index (χ4v) is 4.36. The van der Waals surface area contributed by atoms with Gasteiger partial charge in [-0.15, -0.1) is 0 Å². The molecule has 0 saturated carbocycles. The molecule has 8 N–H and O–H groups in total. The molecule has 0 aliphatic rings. The zero-order valence-corrected chi connectivity index (χ0v) is 26.0. The lowest BCUT2D eigenvalue weighted by molar-refractivity contribution is -0.134. The van der Waals surface area contributed by atoms with Crippen LogP contribution in [-0.2, 0) is 19.2 Å². The van der Waals surface area contributed by atoms with Crippen LogP contribution in [0.25, 0.3) is 0 Å². The van der Waals surface area contributed by atoms with Gasteiger partial charge in [-0.1, -0.05) is 13.8 Å². The summed E-state index contributed by atoms with van der Waals surface area (Å²) < 4.78 is 0. The largest absolute Gasteiger partial charge is 0.345 e. The molecule has 234 valence electrons. The first kappa shape index (κ1) is 37.9. The van der Waals surface area contributed by atoms with Gasteiger partial charge in [-0.05, 0) is 113 Å². The second kappa shape index (κ2) is 23.6. The Morgan fingerprint density at radius 1 is 0.500 bits per heavy atom. The minimum absolute atomic E-state index is 0.101. The summed E-state index contributed by atoms with van der Waals surface area (Å²) in [6.07, 6.45) is 4.84. The number of nitrogens with one attached hydrogen (secondary N) is 8.